The minimum atomic E-state index is -0.601. The fourth-order valence-electron chi connectivity index (χ4n) is 3.36. The van der Waals surface area contributed by atoms with Gasteiger partial charge in [0.25, 0.3) is 11.8 Å². The Morgan fingerprint density at radius 1 is 0.903 bits per heavy atom. The molecule has 2 N–H and O–H groups in total. The van der Waals surface area contributed by atoms with E-state index < -0.39 is 17.7 Å². The maximum atomic E-state index is 12.9. The van der Waals surface area contributed by atoms with E-state index in [-0.39, 0.29) is 37.7 Å². The molecule has 3 amide bonds. The molecule has 3 rings (SSSR count). The van der Waals surface area contributed by atoms with Crippen LogP contribution in [0.5, 0.6) is 0 Å². The topological polar surface area (TPSA) is 104 Å². The van der Waals surface area contributed by atoms with Crippen LogP contribution in [0.25, 0.3) is 0 Å². The van der Waals surface area contributed by atoms with Crippen molar-refractivity contribution >= 4 is 29.2 Å². The first kappa shape index (κ1) is 22.1. The zero-order valence-corrected chi connectivity index (χ0v) is 17.0. The fraction of sp³-hybridized carbons (Fsp3) is 0.250. The molecule has 0 saturated heterocycles. The third kappa shape index (κ3) is 6.20. The van der Waals surface area contributed by atoms with Crippen LogP contribution in [0.2, 0.25) is 0 Å². The molecule has 0 fully saturated rings. The van der Waals surface area contributed by atoms with Gasteiger partial charge < -0.3 is 10.4 Å². The molecule has 1 atom stereocenters. The van der Waals surface area contributed by atoms with Gasteiger partial charge in [0.05, 0.1) is 6.61 Å². The number of benzene rings is 2. The van der Waals surface area contributed by atoms with E-state index in [1.165, 1.54) is 12.2 Å². The highest BCUT2D eigenvalue weighted by Gasteiger charge is 2.26. The monoisotopic (exact) mass is 420 g/mol. The molecule has 0 unspecified atom stereocenters. The van der Waals surface area contributed by atoms with Gasteiger partial charge in [-0.3, -0.25) is 24.1 Å². The van der Waals surface area contributed by atoms with Crippen molar-refractivity contribution in [3.8, 4) is 0 Å². The Kier molecular flexibility index (Phi) is 7.45. The van der Waals surface area contributed by atoms with Crippen molar-refractivity contribution in [2.75, 3.05) is 11.9 Å². The Balaban J connectivity index is 1.64. The van der Waals surface area contributed by atoms with E-state index >= 15 is 0 Å². The van der Waals surface area contributed by atoms with Gasteiger partial charge in [0.1, 0.15) is 5.78 Å². The summed E-state index contributed by atoms with van der Waals surface area (Å²) in [6.07, 6.45) is 2.75. The number of aliphatic hydroxyl groups excluding tert-OH is 1. The molecule has 0 saturated carbocycles. The number of rotatable bonds is 10. The van der Waals surface area contributed by atoms with Gasteiger partial charge in [-0.15, -0.1) is 0 Å². The third-order valence-electron chi connectivity index (χ3n) is 5.09. The molecule has 0 bridgehead atoms. The summed E-state index contributed by atoms with van der Waals surface area (Å²) in [6, 6.07) is 16.2. The molecule has 2 aromatic rings. The first-order valence-electron chi connectivity index (χ1n) is 10.1. The third-order valence-corrected chi connectivity index (χ3v) is 5.09. The molecule has 1 aliphatic heterocycles. The van der Waals surface area contributed by atoms with Gasteiger partial charge >= 0.3 is 0 Å². The molecular weight excluding hydrogens is 396 g/mol. The van der Waals surface area contributed by atoms with Gasteiger partial charge in [0.15, 0.2) is 0 Å². The Morgan fingerprint density at radius 2 is 1.55 bits per heavy atom. The van der Waals surface area contributed by atoms with Gasteiger partial charge in [-0.25, -0.2) is 0 Å². The molecule has 2 aromatic carbocycles. The normalized spacial score (nSPS) is 14.0. The number of ketones is 1. The average molecular weight is 420 g/mol. The summed E-state index contributed by atoms with van der Waals surface area (Å²) < 4.78 is 0. The van der Waals surface area contributed by atoms with Crippen LogP contribution in [-0.4, -0.2) is 40.1 Å². The number of hydrogen-bond acceptors (Lipinski definition) is 5. The lowest BCUT2D eigenvalue weighted by Crippen LogP contribution is -2.33. The minimum absolute atomic E-state index is 0.000892. The summed E-state index contributed by atoms with van der Waals surface area (Å²) in [5, 5.41) is 12.0. The number of Topliss-reactive ketones (excluding diaryl/α,β-unsaturated/α-hetero) is 1. The van der Waals surface area contributed by atoms with E-state index in [1.54, 1.807) is 24.3 Å². The highest BCUT2D eigenvalue weighted by molar-refractivity contribution is 6.13. The predicted octanol–water partition coefficient (Wildman–Crippen LogP) is 2.25. The second-order valence-corrected chi connectivity index (χ2v) is 7.39. The van der Waals surface area contributed by atoms with Gasteiger partial charge in [0, 0.05) is 43.1 Å². The summed E-state index contributed by atoms with van der Waals surface area (Å²) in [5.74, 6) is -1.94. The summed E-state index contributed by atoms with van der Waals surface area (Å²) >= 11 is 0. The zero-order valence-electron chi connectivity index (χ0n) is 17.0. The molecule has 1 heterocycles. The van der Waals surface area contributed by atoms with Crippen LogP contribution in [-0.2, 0) is 32.2 Å². The SMILES string of the molecule is O=C(CCN1C(=O)C=CC1=O)C[C@@H](Cc1ccccc1)C(=O)Nc1ccc(CO)cc1. The Bertz CT molecular complexity index is 965. The number of amides is 3. The first-order valence-corrected chi connectivity index (χ1v) is 10.1. The maximum Gasteiger partial charge on any atom is 0.253 e. The van der Waals surface area contributed by atoms with Crippen molar-refractivity contribution in [2.45, 2.75) is 25.9 Å². The Hall–Kier alpha value is -3.58. The highest BCUT2D eigenvalue weighted by Crippen LogP contribution is 2.18. The first-order chi connectivity index (χ1) is 15.0. The molecule has 1 aliphatic rings. The van der Waals surface area contributed by atoms with E-state index in [0.29, 0.717) is 12.1 Å². The molecule has 160 valence electrons. The van der Waals surface area contributed by atoms with Crippen LogP contribution in [0.3, 0.4) is 0 Å². The van der Waals surface area contributed by atoms with Crippen LogP contribution in [0.1, 0.15) is 24.0 Å². The summed E-state index contributed by atoms with van der Waals surface area (Å²) in [7, 11) is 0. The molecule has 7 heteroatoms. The van der Waals surface area contributed by atoms with E-state index in [0.717, 1.165) is 16.0 Å². The smallest absolute Gasteiger partial charge is 0.253 e. The zero-order chi connectivity index (χ0) is 22.2. The molecule has 0 radical (unpaired) electrons. The van der Waals surface area contributed by atoms with Gasteiger partial charge in [-0.05, 0) is 29.7 Å². The van der Waals surface area contributed by atoms with Crippen LogP contribution in [0.15, 0.2) is 66.7 Å². The second kappa shape index (κ2) is 10.4. The van der Waals surface area contributed by atoms with Crippen molar-refractivity contribution in [1.29, 1.82) is 0 Å². The van der Waals surface area contributed by atoms with Gasteiger partial charge in [0.2, 0.25) is 5.91 Å². The van der Waals surface area contributed by atoms with Crippen LogP contribution in [0.4, 0.5) is 5.69 Å². The molecular formula is C24H24N2O5. The number of hydrogen-bond donors (Lipinski definition) is 2. The number of nitrogens with one attached hydrogen (secondary N) is 1. The average Bonchev–Trinajstić information content (AvgIpc) is 3.10. The Morgan fingerprint density at radius 3 is 2.16 bits per heavy atom. The highest BCUT2D eigenvalue weighted by atomic mass is 16.3. The second-order valence-electron chi connectivity index (χ2n) is 7.39. The van der Waals surface area contributed by atoms with Crippen molar-refractivity contribution in [3.05, 3.63) is 77.9 Å². The number of imide groups is 1. The quantitative estimate of drug-likeness (QED) is 0.574. The lowest BCUT2D eigenvalue weighted by Gasteiger charge is -2.18. The van der Waals surface area contributed by atoms with Gasteiger partial charge in [-0.2, -0.15) is 0 Å². The number of carbonyl (C=O) groups excluding carboxylic acids is 4. The number of anilines is 1. The molecule has 0 aliphatic carbocycles. The summed E-state index contributed by atoms with van der Waals surface area (Å²) in [5.41, 5.74) is 2.24. The van der Waals surface area contributed by atoms with Crippen LogP contribution < -0.4 is 5.32 Å². The lowest BCUT2D eigenvalue weighted by molar-refractivity contribution is -0.137. The van der Waals surface area contributed by atoms with Crippen molar-refractivity contribution in [1.82, 2.24) is 4.90 Å². The minimum Gasteiger partial charge on any atom is -0.392 e. The molecule has 0 spiro atoms. The number of aliphatic hydroxyl groups is 1. The van der Waals surface area contributed by atoms with E-state index in [2.05, 4.69) is 5.32 Å². The Labute approximate surface area is 180 Å². The molecule has 0 aromatic heterocycles. The van der Waals surface area contributed by atoms with E-state index in [4.69, 9.17) is 5.11 Å². The number of carbonyl (C=O) groups is 4. The van der Waals surface area contributed by atoms with E-state index in [1.807, 2.05) is 30.3 Å². The van der Waals surface area contributed by atoms with Crippen LogP contribution >= 0.6 is 0 Å². The lowest BCUT2D eigenvalue weighted by atomic mass is 9.92. The summed E-state index contributed by atoms with van der Waals surface area (Å²) in [4.78, 5) is 49.8. The van der Waals surface area contributed by atoms with Crippen molar-refractivity contribution in [3.63, 3.8) is 0 Å². The predicted molar refractivity (Wildman–Crippen MR) is 115 cm³/mol. The van der Waals surface area contributed by atoms with E-state index in [9.17, 15) is 19.2 Å². The molecule has 7 nitrogen and oxygen atoms in total. The maximum absolute atomic E-state index is 12.9. The van der Waals surface area contributed by atoms with Crippen molar-refractivity contribution < 1.29 is 24.3 Å². The van der Waals surface area contributed by atoms with Crippen molar-refractivity contribution in [2.24, 2.45) is 5.92 Å². The van der Waals surface area contributed by atoms with Gasteiger partial charge in [-0.1, -0.05) is 42.5 Å². The molecule has 31 heavy (non-hydrogen) atoms. The standard InChI is InChI=1S/C24H24N2O5/c27-16-18-6-8-20(9-7-18)25-24(31)19(14-17-4-2-1-3-5-17)15-21(28)12-13-26-22(29)10-11-23(26)30/h1-11,19,27H,12-16H2,(H,25,31)/t19-/m1/s1. The van der Waals surface area contributed by atoms with Crippen LogP contribution in [0, 0.1) is 5.92 Å². The number of nitrogens with zero attached hydrogens (tertiary/aromatic N) is 1. The summed E-state index contributed by atoms with van der Waals surface area (Å²) in [6.45, 7) is -0.0807. The largest absolute Gasteiger partial charge is 0.392 e. The fourth-order valence-corrected chi connectivity index (χ4v) is 3.36.